The van der Waals surface area contributed by atoms with E-state index in [9.17, 15) is 0 Å². The number of piperazine rings is 1. The third-order valence-corrected chi connectivity index (χ3v) is 8.86. The van der Waals surface area contributed by atoms with Crippen molar-refractivity contribution in [1.29, 1.82) is 0 Å². The Balaban J connectivity index is 1.43. The Morgan fingerprint density at radius 3 is 2.61 bits per heavy atom. The number of para-hydroxylation sites is 1. The van der Waals surface area contributed by atoms with Gasteiger partial charge < -0.3 is 26.2 Å². The van der Waals surface area contributed by atoms with Crippen LogP contribution >= 0.6 is 22.9 Å². The number of nitrogens with two attached hydrogens (primary N) is 1. The van der Waals surface area contributed by atoms with Crippen molar-refractivity contribution < 1.29 is 4.39 Å². The number of hydrogen-bond donors (Lipinski definition) is 3. The maximum absolute atomic E-state index is 16.5. The summed E-state index contributed by atoms with van der Waals surface area (Å²) in [7, 11) is 0. The average molecular weight is 525 g/mol. The zero-order valence-corrected chi connectivity index (χ0v) is 21.2. The number of anilines is 3. The van der Waals surface area contributed by atoms with Gasteiger partial charge in [-0.05, 0) is 31.5 Å². The van der Waals surface area contributed by atoms with E-state index in [4.69, 9.17) is 27.3 Å². The fourth-order valence-electron chi connectivity index (χ4n) is 5.71. The van der Waals surface area contributed by atoms with Gasteiger partial charge in [-0.15, -0.1) is 0 Å². The second-order valence-corrected chi connectivity index (χ2v) is 11.3. The normalized spacial score (nSPS) is 22.2. The maximum Gasteiger partial charge on any atom is 0.228 e. The molecule has 1 atom stereocenters. The first-order valence-electron chi connectivity index (χ1n) is 12.3. The second kappa shape index (κ2) is 8.37. The van der Waals surface area contributed by atoms with Crippen LogP contribution in [0.15, 0.2) is 24.3 Å². The number of thiazole rings is 1. The summed E-state index contributed by atoms with van der Waals surface area (Å²) in [5.41, 5.74) is 7.96. The van der Waals surface area contributed by atoms with Crippen molar-refractivity contribution in [3.8, 4) is 11.1 Å². The van der Waals surface area contributed by atoms with Gasteiger partial charge in [0.15, 0.2) is 10.9 Å². The Morgan fingerprint density at radius 2 is 1.86 bits per heavy atom. The largest absolute Gasteiger partial charge is 0.375 e. The number of hydrogen-bond acceptors (Lipinski definition) is 9. The molecule has 4 aromatic rings. The minimum Gasteiger partial charge on any atom is -0.375 e. The number of nitrogens with zero attached hydrogens (tertiary/aromatic N) is 5. The van der Waals surface area contributed by atoms with E-state index in [1.807, 2.05) is 24.3 Å². The van der Waals surface area contributed by atoms with Gasteiger partial charge in [0.25, 0.3) is 0 Å². The van der Waals surface area contributed by atoms with Gasteiger partial charge in [0, 0.05) is 61.3 Å². The van der Waals surface area contributed by atoms with Crippen molar-refractivity contribution >= 4 is 61.0 Å². The quantitative estimate of drug-likeness (QED) is 0.374. The monoisotopic (exact) mass is 524 g/mol. The number of aromatic nitrogens is 3. The number of rotatable bonds is 3. The van der Waals surface area contributed by atoms with Gasteiger partial charge in [-0.3, -0.25) is 0 Å². The minimum absolute atomic E-state index is 0.136. The molecule has 0 saturated carbocycles. The van der Waals surface area contributed by atoms with Crippen molar-refractivity contribution in [3.05, 3.63) is 35.1 Å². The summed E-state index contributed by atoms with van der Waals surface area (Å²) in [4.78, 5) is 18.7. The SMILES string of the molecule is Nc1nc2c(-c3c(Cl)cc4c(N5CCNCC5)nc(N5CCC6(CCN6)C5)nc4c3F)cccc2s1. The molecule has 2 aromatic carbocycles. The van der Waals surface area contributed by atoms with Crippen LogP contribution < -0.4 is 26.2 Å². The standard InChI is InChI=1S/C25H26ClFN8S/c26-16-12-15-21(19(27)18(16)14-2-1-3-17-20(14)31-23(28)36-17)32-24(33-22(15)34-10-7-29-8-11-34)35-9-5-25(13-35)4-6-30-25/h1-3,12,29-30H,4-11,13H2,(H2,28,31). The van der Waals surface area contributed by atoms with Crippen molar-refractivity contribution in [1.82, 2.24) is 25.6 Å². The van der Waals surface area contributed by atoms with Crippen LogP contribution in [0.2, 0.25) is 5.02 Å². The van der Waals surface area contributed by atoms with Gasteiger partial charge in [-0.25, -0.2) is 14.4 Å². The van der Waals surface area contributed by atoms with Gasteiger partial charge in [-0.1, -0.05) is 35.1 Å². The molecule has 0 radical (unpaired) electrons. The van der Waals surface area contributed by atoms with Crippen LogP contribution in [-0.2, 0) is 0 Å². The lowest BCUT2D eigenvalue weighted by atomic mass is 9.87. The first-order valence-corrected chi connectivity index (χ1v) is 13.5. The predicted molar refractivity (Wildman–Crippen MR) is 145 cm³/mol. The van der Waals surface area contributed by atoms with Gasteiger partial charge in [0.1, 0.15) is 11.3 Å². The first-order chi connectivity index (χ1) is 17.5. The fourth-order valence-corrected chi connectivity index (χ4v) is 6.77. The molecule has 7 rings (SSSR count). The van der Waals surface area contributed by atoms with E-state index < -0.39 is 5.82 Å². The van der Waals surface area contributed by atoms with Crippen molar-refractivity contribution in [2.75, 3.05) is 61.3 Å². The molecule has 0 amide bonds. The van der Waals surface area contributed by atoms with Crippen LogP contribution in [-0.4, -0.2) is 66.3 Å². The summed E-state index contributed by atoms with van der Waals surface area (Å²) < 4.78 is 17.4. The van der Waals surface area contributed by atoms with Crippen LogP contribution in [0, 0.1) is 5.82 Å². The lowest BCUT2D eigenvalue weighted by Crippen LogP contribution is -2.58. The van der Waals surface area contributed by atoms with Crippen LogP contribution in [0.3, 0.4) is 0 Å². The third-order valence-electron chi connectivity index (χ3n) is 7.71. The van der Waals surface area contributed by atoms with Crippen molar-refractivity contribution in [2.24, 2.45) is 0 Å². The van der Waals surface area contributed by atoms with Crippen LogP contribution in [0.25, 0.3) is 32.2 Å². The molecule has 3 aliphatic heterocycles. The van der Waals surface area contributed by atoms with E-state index in [1.54, 1.807) is 0 Å². The average Bonchev–Trinajstić information content (AvgIpc) is 3.48. The van der Waals surface area contributed by atoms with E-state index in [1.165, 1.54) is 11.3 Å². The molecule has 0 aliphatic carbocycles. The number of fused-ring (bicyclic) bond motifs is 2. The highest BCUT2D eigenvalue weighted by Gasteiger charge is 2.43. The zero-order valence-electron chi connectivity index (χ0n) is 19.7. The molecule has 0 bridgehead atoms. The van der Waals surface area contributed by atoms with E-state index >= 15 is 4.39 Å². The molecule has 3 fully saturated rings. The van der Waals surface area contributed by atoms with Gasteiger partial charge in [-0.2, -0.15) is 4.98 Å². The molecule has 3 saturated heterocycles. The molecule has 4 N–H and O–H groups in total. The molecule has 2 aromatic heterocycles. The molecular formula is C25H26ClFN8S. The minimum atomic E-state index is -0.452. The summed E-state index contributed by atoms with van der Waals surface area (Å²) in [6, 6.07) is 7.45. The van der Waals surface area contributed by atoms with Gasteiger partial charge in [0.2, 0.25) is 5.95 Å². The number of benzene rings is 2. The smallest absolute Gasteiger partial charge is 0.228 e. The van der Waals surface area contributed by atoms with Gasteiger partial charge in [0.05, 0.1) is 15.2 Å². The summed E-state index contributed by atoms with van der Waals surface area (Å²) in [6.45, 7) is 5.99. The first kappa shape index (κ1) is 22.4. The van der Waals surface area contributed by atoms with Crippen LogP contribution in [0.4, 0.5) is 21.3 Å². The summed E-state index contributed by atoms with van der Waals surface area (Å²) >= 11 is 8.17. The Bertz CT molecular complexity index is 1500. The predicted octanol–water partition coefficient (Wildman–Crippen LogP) is 3.63. The van der Waals surface area contributed by atoms with E-state index in [-0.39, 0.29) is 11.1 Å². The van der Waals surface area contributed by atoms with Crippen LogP contribution in [0.5, 0.6) is 0 Å². The Kier molecular flexibility index (Phi) is 5.21. The lowest BCUT2D eigenvalue weighted by Gasteiger charge is -2.39. The summed E-state index contributed by atoms with van der Waals surface area (Å²) in [5, 5.41) is 8.34. The van der Waals surface area contributed by atoms with E-state index in [0.717, 1.165) is 69.2 Å². The Morgan fingerprint density at radius 1 is 1.03 bits per heavy atom. The highest BCUT2D eigenvalue weighted by molar-refractivity contribution is 7.22. The molecule has 36 heavy (non-hydrogen) atoms. The zero-order chi connectivity index (χ0) is 24.4. The Labute approximate surface area is 216 Å². The number of halogens is 2. The maximum atomic E-state index is 16.5. The molecule has 8 nitrogen and oxygen atoms in total. The summed E-state index contributed by atoms with van der Waals surface area (Å²) in [6.07, 6.45) is 2.19. The fraction of sp³-hybridized carbons (Fsp3) is 0.400. The Hall–Kier alpha value is -2.79. The summed E-state index contributed by atoms with van der Waals surface area (Å²) in [5.74, 6) is 0.861. The second-order valence-electron chi connectivity index (χ2n) is 9.86. The highest BCUT2D eigenvalue weighted by atomic mass is 35.5. The molecule has 3 aliphatic rings. The topological polar surface area (TPSA) is 95.2 Å². The molecule has 11 heteroatoms. The number of nitrogen functional groups attached to an aromatic ring is 1. The van der Waals surface area contributed by atoms with Crippen molar-refractivity contribution in [2.45, 2.75) is 18.4 Å². The van der Waals surface area contributed by atoms with Crippen LogP contribution in [0.1, 0.15) is 12.8 Å². The van der Waals surface area contributed by atoms with Gasteiger partial charge >= 0.3 is 0 Å². The number of nitrogens with one attached hydrogen (secondary N) is 2. The third kappa shape index (κ3) is 3.50. The molecule has 5 heterocycles. The molecular weight excluding hydrogens is 499 g/mol. The molecule has 1 spiro atoms. The molecule has 186 valence electrons. The van der Waals surface area contributed by atoms with E-state index in [0.29, 0.717) is 38.1 Å². The lowest BCUT2D eigenvalue weighted by molar-refractivity contribution is 0.235. The molecule has 1 unspecified atom stereocenters. The van der Waals surface area contributed by atoms with Crippen molar-refractivity contribution in [3.63, 3.8) is 0 Å². The van der Waals surface area contributed by atoms with E-state index in [2.05, 4.69) is 25.4 Å². The highest BCUT2D eigenvalue weighted by Crippen LogP contribution is 2.42.